The van der Waals surface area contributed by atoms with E-state index in [0.29, 0.717) is 6.04 Å². The summed E-state index contributed by atoms with van der Waals surface area (Å²) in [4.78, 5) is 22.3. The molecule has 0 aliphatic carbocycles. The third kappa shape index (κ3) is 3.27. The van der Waals surface area contributed by atoms with Crippen LogP contribution in [0.25, 0.3) is 9.88 Å². The second-order valence-corrected chi connectivity index (χ2v) is 7.88. The van der Waals surface area contributed by atoms with E-state index in [0.717, 1.165) is 56.3 Å². The molecule has 4 heterocycles. The Morgan fingerprint density at radius 2 is 2.30 bits per heavy atom. The van der Waals surface area contributed by atoms with Crippen LogP contribution in [0, 0.1) is 0 Å². The maximum absolute atomic E-state index is 11.9. The molecule has 7 heteroatoms. The number of thiazole rings is 1. The van der Waals surface area contributed by atoms with Gasteiger partial charge in [-0.1, -0.05) is 6.07 Å². The van der Waals surface area contributed by atoms with E-state index in [1.165, 1.54) is 4.88 Å². The van der Waals surface area contributed by atoms with Crippen LogP contribution in [-0.2, 0) is 6.54 Å². The van der Waals surface area contributed by atoms with Gasteiger partial charge in [0.05, 0.1) is 10.6 Å². The number of hydrogen-bond acceptors (Lipinski definition) is 5. The number of amides is 2. The van der Waals surface area contributed by atoms with Crippen LogP contribution in [-0.4, -0.2) is 53.0 Å². The zero-order valence-electron chi connectivity index (χ0n) is 12.9. The molecule has 2 saturated heterocycles. The number of urea groups is 1. The second-order valence-electron chi connectivity index (χ2n) is 6.08. The number of nitrogens with zero attached hydrogens (tertiary/aromatic N) is 3. The highest BCUT2D eigenvalue weighted by Gasteiger charge is 2.31. The van der Waals surface area contributed by atoms with Crippen LogP contribution >= 0.6 is 22.7 Å². The summed E-state index contributed by atoms with van der Waals surface area (Å²) in [5, 5.41) is 8.28. The number of likely N-dealkylation sites (tertiary alicyclic amines) is 1. The van der Waals surface area contributed by atoms with Gasteiger partial charge >= 0.3 is 6.03 Å². The van der Waals surface area contributed by atoms with Crippen molar-refractivity contribution in [2.75, 3.05) is 26.2 Å². The summed E-state index contributed by atoms with van der Waals surface area (Å²) in [6, 6.07) is 4.64. The molecule has 122 valence electrons. The third-order valence-corrected chi connectivity index (χ3v) is 6.41. The summed E-state index contributed by atoms with van der Waals surface area (Å²) in [6.07, 6.45) is 2.26. The molecular weight excluding hydrogens is 328 g/mol. The highest BCUT2D eigenvalue weighted by Crippen LogP contribution is 2.28. The van der Waals surface area contributed by atoms with E-state index in [1.54, 1.807) is 22.7 Å². The van der Waals surface area contributed by atoms with Crippen molar-refractivity contribution in [1.82, 2.24) is 20.1 Å². The Morgan fingerprint density at radius 3 is 3.09 bits per heavy atom. The number of carbonyl (C=O) groups excluding carboxylic acids is 1. The molecule has 2 aliphatic rings. The Kier molecular flexibility index (Phi) is 4.33. The molecule has 0 saturated carbocycles. The molecule has 0 spiro atoms. The Labute approximate surface area is 143 Å². The van der Waals surface area contributed by atoms with Crippen LogP contribution < -0.4 is 5.32 Å². The molecule has 0 unspecified atom stereocenters. The van der Waals surface area contributed by atoms with Crippen LogP contribution in [0.15, 0.2) is 22.9 Å². The molecule has 2 aliphatic heterocycles. The molecule has 2 aromatic rings. The van der Waals surface area contributed by atoms with Gasteiger partial charge in [0.15, 0.2) is 0 Å². The van der Waals surface area contributed by atoms with Gasteiger partial charge in [-0.2, -0.15) is 0 Å². The molecule has 2 fully saturated rings. The van der Waals surface area contributed by atoms with E-state index < -0.39 is 0 Å². The molecule has 2 amide bonds. The van der Waals surface area contributed by atoms with E-state index in [4.69, 9.17) is 4.98 Å². The zero-order valence-corrected chi connectivity index (χ0v) is 14.5. The van der Waals surface area contributed by atoms with Crippen LogP contribution in [0.3, 0.4) is 0 Å². The minimum atomic E-state index is 0.102. The van der Waals surface area contributed by atoms with Gasteiger partial charge in [-0.15, -0.1) is 22.7 Å². The lowest BCUT2D eigenvalue weighted by Gasteiger charge is -2.36. The van der Waals surface area contributed by atoms with Crippen molar-refractivity contribution in [1.29, 1.82) is 0 Å². The minimum Gasteiger partial charge on any atom is -0.336 e. The lowest BCUT2D eigenvalue weighted by atomic mass is 10.0. The Hall–Kier alpha value is -1.44. The summed E-state index contributed by atoms with van der Waals surface area (Å²) in [5.74, 6) is 0. The summed E-state index contributed by atoms with van der Waals surface area (Å²) in [6.45, 7) is 4.56. The molecule has 0 radical (unpaired) electrons. The Balaban J connectivity index is 1.39. The highest BCUT2D eigenvalue weighted by atomic mass is 32.1. The molecular formula is C16H20N4OS2. The first-order valence-corrected chi connectivity index (χ1v) is 9.80. The maximum Gasteiger partial charge on any atom is 0.317 e. The van der Waals surface area contributed by atoms with Crippen molar-refractivity contribution in [3.63, 3.8) is 0 Å². The van der Waals surface area contributed by atoms with Gasteiger partial charge in [0.1, 0.15) is 5.01 Å². The molecule has 0 bridgehead atoms. The van der Waals surface area contributed by atoms with Gasteiger partial charge in [0, 0.05) is 37.6 Å². The average molecular weight is 348 g/mol. The summed E-state index contributed by atoms with van der Waals surface area (Å²) in [7, 11) is 0. The van der Waals surface area contributed by atoms with Crippen molar-refractivity contribution in [2.24, 2.45) is 0 Å². The quantitative estimate of drug-likeness (QED) is 0.924. The molecule has 1 N–H and O–H groups in total. The van der Waals surface area contributed by atoms with Gasteiger partial charge in [0.2, 0.25) is 0 Å². The van der Waals surface area contributed by atoms with Crippen LogP contribution in [0.2, 0.25) is 0 Å². The summed E-state index contributed by atoms with van der Waals surface area (Å²) < 4.78 is 0. The Morgan fingerprint density at radius 1 is 1.35 bits per heavy atom. The first-order chi connectivity index (χ1) is 11.3. The lowest BCUT2D eigenvalue weighted by molar-refractivity contribution is 0.121. The molecule has 5 nitrogen and oxygen atoms in total. The maximum atomic E-state index is 11.9. The van der Waals surface area contributed by atoms with Gasteiger partial charge in [0.25, 0.3) is 0 Å². The van der Waals surface area contributed by atoms with Crippen molar-refractivity contribution >= 4 is 28.7 Å². The van der Waals surface area contributed by atoms with Crippen LogP contribution in [0.5, 0.6) is 0 Å². The van der Waals surface area contributed by atoms with Crippen molar-refractivity contribution in [3.8, 4) is 9.88 Å². The monoisotopic (exact) mass is 348 g/mol. The fourth-order valence-electron chi connectivity index (χ4n) is 3.39. The average Bonchev–Trinajstić information content (AvgIpc) is 3.28. The standard InChI is InChI=1S/C16H20N4OS2/c21-16-17-5-7-20(16)13-3-1-6-19(10-13)9-12-11-23-15(18-12)14-4-2-8-22-14/h2,4,8,11,13H,1,3,5-7,9-10H2,(H,17,21)/t13-/m0/s1. The third-order valence-electron chi connectivity index (χ3n) is 4.48. The van der Waals surface area contributed by atoms with E-state index in [1.807, 2.05) is 4.90 Å². The largest absolute Gasteiger partial charge is 0.336 e. The molecule has 4 rings (SSSR count). The first kappa shape index (κ1) is 15.1. The van der Waals surface area contributed by atoms with Gasteiger partial charge in [-0.05, 0) is 30.8 Å². The van der Waals surface area contributed by atoms with Gasteiger partial charge in [-0.25, -0.2) is 9.78 Å². The van der Waals surface area contributed by atoms with Crippen molar-refractivity contribution in [3.05, 3.63) is 28.6 Å². The highest BCUT2D eigenvalue weighted by molar-refractivity contribution is 7.20. The lowest BCUT2D eigenvalue weighted by Crippen LogP contribution is -2.48. The topological polar surface area (TPSA) is 48.5 Å². The van der Waals surface area contributed by atoms with Crippen molar-refractivity contribution < 1.29 is 4.79 Å². The molecule has 1 atom stereocenters. The number of thiophene rings is 1. The SMILES string of the molecule is O=C1NCCN1[C@H]1CCCN(Cc2csc(-c3cccs3)n2)C1. The van der Waals surface area contributed by atoms with Gasteiger partial charge < -0.3 is 10.2 Å². The summed E-state index contributed by atoms with van der Waals surface area (Å²) in [5.41, 5.74) is 1.14. The number of nitrogens with one attached hydrogen (secondary N) is 1. The van der Waals surface area contributed by atoms with E-state index >= 15 is 0 Å². The fraction of sp³-hybridized carbons (Fsp3) is 0.500. The van der Waals surface area contributed by atoms with Crippen LogP contribution in [0.1, 0.15) is 18.5 Å². The molecule has 0 aromatic carbocycles. The second kappa shape index (κ2) is 6.59. The minimum absolute atomic E-state index is 0.102. The summed E-state index contributed by atoms with van der Waals surface area (Å²) >= 11 is 3.46. The predicted molar refractivity (Wildman–Crippen MR) is 93.8 cm³/mol. The number of hydrogen-bond donors (Lipinski definition) is 1. The number of piperidine rings is 1. The molecule has 2 aromatic heterocycles. The van der Waals surface area contributed by atoms with E-state index in [-0.39, 0.29) is 6.03 Å². The zero-order chi connectivity index (χ0) is 15.6. The van der Waals surface area contributed by atoms with Crippen molar-refractivity contribution in [2.45, 2.75) is 25.4 Å². The normalized spacial score (nSPS) is 22.5. The molecule has 23 heavy (non-hydrogen) atoms. The van der Waals surface area contributed by atoms with Crippen LogP contribution in [0.4, 0.5) is 4.79 Å². The van der Waals surface area contributed by atoms with E-state index in [2.05, 4.69) is 33.1 Å². The van der Waals surface area contributed by atoms with Gasteiger partial charge in [-0.3, -0.25) is 4.90 Å². The number of aromatic nitrogens is 1. The number of rotatable bonds is 4. The predicted octanol–water partition coefficient (Wildman–Crippen LogP) is 2.86. The Bertz CT molecular complexity index is 669. The van der Waals surface area contributed by atoms with E-state index in [9.17, 15) is 4.79 Å². The number of carbonyl (C=O) groups is 1. The smallest absolute Gasteiger partial charge is 0.317 e. The first-order valence-electron chi connectivity index (χ1n) is 8.05. The fourth-order valence-corrected chi connectivity index (χ4v) is 5.01.